The summed E-state index contributed by atoms with van der Waals surface area (Å²) >= 11 is 0. The van der Waals surface area contributed by atoms with Crippen molar-refractivity contribution < 1.29 is 9.59 Å². The van der Waals surface area contributed by atoms with E-state index >= 15 is 0 Å². The summed E-state index contributed by atoms with van der Waals surface area (Å²) in [6.45, 7) is 5.02. The van der Waals surface area contributed by atoms with Gasteiger partial charge < -0.3 is 15.6 Å². The van der Waals surface area contributed by atoms with E-state index in [1.54, 1.807) is 49.4 Å². The Bertz CT molecular complexity index is 1120. The predicted octanol–water partition coefficient (Wildman–Crippen LogP) is 3.26. The second-order valence-electron chi connectivity index (χ2n) is 6.48. The molecule has 7 heteroatoms. The number of carbonyl (C=O) groups excluding carboxylic acids is 2. The Morgan fingerprint density at radius 3 is 2.50 bits per heavy atom. The molecule has 7 nitrogen and oxygen atoms in total. The lowest BCUT2D eigenvalue weighted by molar-refractivity contribution is -0.114. The molecule has 0 saturated carbocycles. The van der Waals surface area contributed by atoms with Gasteiger partial charge in [-0.15, -0.1) is 0 Å². The van der Waals surface area contributed by atoms with Gasteiger partial charge in [0.05, 0.1) is 0 Å². The van der Waals surface area contributed by atoms with Gasteiger partial charge in [0.25, 0.3) is 11.5 Å². The van der Waals surface area contributed by atoms with E-state index in [2.05, 4.69) is 20.6 Å². The van der Waals surface area contributed by atoms with Crippen molar-refractivity contribution in [3.05, 3.63) is 75.7 Å². The Morgan fingerprint density at radius 2 is 1.79 bits per heavy atom. The van der Waals surface area contributed by atoms with E-state index in [0.717, 1.165) is 5.56 Å². The van der Waals surface area contributed by atoms with E-state index in [4.69, 9.17) is 0 Å². The minimum atomic E-state index is -0.311. The molecule has 3 aromatic rings. The second-order valence-corrected chi connectivity index (χ2v) is 6.48. The van der Waals surface area contributed by atoms with Crippen LogP contribution < -0.4 is 16.2 Å². The summed E-state index contributed by atoms with van der Waals surface area (Å²) in [4.78, 5) is 42.6. The quantitative estimate of drug-likeness (QED) is 0.650. The predicted molar refractivity (Wildman–Crippen MR) is 108 cm³/mol. The number of aryl methyl sites for hydroxylation is 2. The van der Waals surface area contributed by atoms with Crippen molar-refractivity contribution in [3.63, 3.8) is 0 Å². The summed E-state index contributed by atoms with van der Waals surface area (Å²) in [7, 11) is 0. The number of nitrogens with zero attached hydrogens (tertiary/aromatic N) is 1. The topological polar surface area (TPSA) is 104 Å². The summed E-state index contributed by atoms with van der Waals surface area (Å²) in [5.74, 6) is -0.0770. The summed E-state index contributed by atoms with van der Waals surface area (Å²) in [6.07, 6.45) is 0. The number of nitrogens with one attached hydrogen (secondary N) is 3. The van der Waals surface area contributed by atoms with Crippen molar-refractivity contribution >= 4 is 23.2 Å². The zero-order chi connectivity index (χ0) is 20.3. The normalized spacial score (nSPS) is 10.4. The van der Waals surface area contributed by atoms with Crippen LogP contribution in [0.1, 0.15) is 28.5 Å². The molecule has 142 valence electrons. The van der Waals surface area contributed by atoms with Gasteiger partial charge in [-0.1, -0.05) is 18.2 Å². The Labute approximate surface area is 161 Å². The maximum absolute atomic E-state index is 12.6. The minimum Gasteiger partial charge on any atom is -0.326 e. The van der Waals surface area contributed by atoms with E-state index in [-0.39, 0.29) is 17.4 Å². The van der Waals surface area contributed by atoms with Gasteiger partial charge in [-0.05, 0) is 43.7 Å². The fourth-order valence-electron chi connectivity index (χ4n) is 2.75. The van der Waals surface area contributed by atoms with Gasteiger partial charge in [-0.2, -0.15) is 0 Å². The van der Waals surface area contributed by atoms with Crippen LogP contribution in [-0.2, 0) is 4.79 Å². The highest BCUT2D eigenvalue weighted by atomic mass is 16.2. The van der Waals surface area contributed by atoms with Gasteiger partial charge in [0, 0.05) is 41.2 Å². The van der Waals surface area contributed by atoms with E-state index in [1.165, 1.54) is 13.0 Å². The molecule has 1 aromatic heterocycles. The molecule has 0 aliphatic carbocycles. The lowest BCUT2D eigenvalue weighted by atomic mass is 10.1. The molecule has 0 atom stereocenters. The number of carbonyl (C=O) groups is 2. The van der Waals surface area contributed by atoms with Crippen LogP contribution in [0.2, 0.25) is 0 Å². The summed E-state index contributed by atoms with van der Waals surface area (Å²) < 4.78 is 0. The molecule has 0 fully saturated rings. The highest BCUT2D eigenvalue weighted by Crippen LogP contribution is 2.21. The van der Waals surface area contributed by atoms with Crippen molar-refractivity contribution in [1.29, 1.82) is 0 Å². The van der Waals surface area contributed by atoms with Crippen LogP contribution in [0.3, 0.4) is 0 Å². The lowest BCUT2D eigenvalue weighted by Crippen LogP contribution is -2.14. The van der Waals surface area contributed by atoms with Crippen LogP contribution in [0, 0.1) is 13.8 Å². The molecule has 0 saturated heterocycles. The van der Waals surface area contributed by atoms with Gasteiger partial charge in [-0.25, -0.2) is 4.98 Å². The maximum atomic E-state index is 12.6. The fourth-order valence-corrected chi connectivity index (χ4v) is 2.75. The molecular weight excluding hydrogens is 356 g/mol. The SMILES string of the molecule is CC(=O)Nc1cc(C(=O)Nc2cccc(-c3nc(C)cc(=O)[nH]3)c2)ccc1C. The van der Waals surface area contributed by atoms with E-state index in [0.29, 0.717) is 34.0 Å². The molecule has 2 aromatic carbocycles. The Morgan fingerprint density at radius 1 is 1.00 bits per heavy atom. The number of rotatable bonds is 4. The number of aromatic nitrogens is 2. The third-order valence-corrected chi connectivity index (χ3v) is 4.07. The third kappa shape index (κ3) is 4.50. The smallest absolute Gasteiger partial charge is 0.255 e. The van der Waals surface area contributed by atoms with Crippen molar-refractivity contribution in [1.82, 2.24) is 9.97 Å². The minimum absolute atomic E-state index is 0.201. The summed E-state index contributed by atoms with van der Waals surface area (Å²) in [5.41, 5.74) is 3.50. The lowest BCUT2D eigenvalue weighted by Gasteiger charge is -2.11. The number of hydrogen-bond donors (Lipinski definition) is 3. The van der Waals surface area contributed by atoms with E-state index in [9.17, 15) is 14.4 Å². The monoisotopic (exact) mass is 376 g/mol. The number of anilines is 2. The molecule has 0 radical (unpaired) electrons. The Balaban J connectivity index is 1.85. The highest BCUT2D eigenvalue weighted by molar-refractivity contribution is 6.05. The van der Waals surface area contributed by atoms with Gasteiger partial charge in [0.2, 0.25) is 5.91 Å². The van der Waals surface area contributed by atoms with Crippen molar-refractivity contribution in [2.75, 3.05) is 10.6 Å². The van der Waals surface area contributed by atoms with Gasteiger partial charge in [0.15, 0.2) is 0 Å². The van der Waals surface area contributed by atoms with Crippen LogP contribution in [0.5, 0.6) is 0 Å². The molecule has 3 N–H and O–H groups in total. The zero-order valence-electron chi connectivity index (χ0n) is 15.8. The molecule has 0 spiro atoms. The second kappa shape index (κ2) is 7.87. The summed E-state index contributed by atoms with van der Waals surface area (Å²) in [6, 6.07) is 13.6. The van der Waals surface area contributed by atoms with Crippen molar-refractivity contribution in [3.8, 4) is 11.4 Å². The number of amides is 2. The summed E-state index contributed by atoms with van der Waals surface area (Å²) in [5, 5.41) is 5.54. The average Bonchev–Trinajstić information content (AvgIpc) is 2.62. The molecule has 0 aliphatic rings. The molecule has 28 heavy (non-hydrogen) atoms. The standard InChI is InChI=1S/C21H20N4O3/c1-12-7-8-16(11-18(12)23-14(3)26)21(28)24-17-6-4-5-15(10-17)20-22-13(2)9-19(27)25-20/h4-11H,1-3H3,(H,23,26)(H,24,28)(H,22,25,27). The van der Waals surface area contributed by atoms with Crippen molar-refractivity contribution in [2.24, 2.45) is 0 Å². The molecule has 1 heterocycles. The number of H-pyrrole nitrogens is 1. The van der Waals surface area contributed by atoms with Crippen LogP contribution in [0.4, 0.5) is 11.4 Å². The molecule has 0 unspecified atom stereocenters. The first-order valence-corrected chi connectivity index (χ1v) is 8.70. The molecular formula is C21H20N4O3. The largest absolute Gasteiger partial charge is 0.326 e. The first-order valence-electron chi connectivity index (χ1n) is 8.70. The molecule has 0 bridgehead atoms. The van der Waals surface area contributed by atoms with E-state index in [1.807, 2.05) is 6.92 Å². The zero-order valence-corrected chi connectivity index (χ0v) is 15.8. The van der Waals surface area contributed by atoms with Crippen LogP contribution in [-0.4, -0.2) is 21.8 Å². The molecule has 0 aliphatic heterocycles. The van der Waals surface area contributed by atoms with Crippen LogP contribution in [0.25, 0.3) is 11.4 Å². The average molecular weight is 376 g/mol. The van der Waals surface area contributed by atoms with Gasteiger partial charge in [-0.3, -0.25) is 14.4 Å². The maximum Gasteiger partial charge on any atom is 0.255 e. The fraction of sp³-hybridized carbons (Fsp3) is 0.143. The van der Waals surface area contributed by atoms with Crippen LogP contribution >= 0.6 is 0 Å². The molecule has 2 amide bonds. The van der Waals surface area contributed by atoms with Gasteiger partial charge in [0.1, 0.15) is 5.82 Å². The Hall–Kier alpha value is -3.74. The number of aromatic amines is 1. The van der Waals surface area contributed by atoms with Gasteiger partial charge >= 0.3 is 0 Å². The first kappa shape index (κ1) is 19.0. The molecule has 3 rings (SSSR count). The first-order chi connectivity index (χ1) is 13.3. The van der Waals surface area contributed by atoms with Crippen LogP contribution in [0.15, 0.2) is 53.3 Å². The third-order valence-electron chi connectivity index (χ3n) is 4.07. The number of benzene rings is 2. The van der Waals surface area contributed by atoms with Crippen molar-refractivity contribution in [2.45, 2.75) is 20.8 Å². The Kier molecular flexibility index (Phi) is 5.35. The number of hydrogen-bond acceptors (Lipinski definition) is 4. The van der Waals surface area contributed by atoms with E-state index < -0.39 is 0 Å². The highest BCUT2D eigenvalue weighted by Gasteiger charge is 2.11.